The van der Waals surface area contributed by atoms with Gasteiger partial charge >= 0.3 is 0 Å². The average Bonchev–Trinajstić information content (AvgIpc) is 3.35. The molecule has 30 heavy (non-hydrogen) atoms. The molecule has 3 aromatic heterocycles. The second-order valence-electron chi connectivity index (χ2n) is 7.03. The first kappa shape index (κ1) is 17.9. The first-order chi connectivity index (χ1) is 14.6. The molecular formula is C23H17N5O2. The Morgan fingerprint density at radius 1 is 1.13 bits per heavy atom. The normalized spacial score (nSPS) is 11.2. The molecule has 0 aliphatic heterocycles. The highest BCUT2D eigenvalue weighted by atomic mass is 16.3. The van der Waals surface area contributed by atoms with E-state index >= 15 is 0 Å². The number of aromatic nitrogens is 4. The van der Waals surface area contributed by atoms with Crippen LogP contribution in [0.25, 0.3) is 39.3 Å². The molecule has 5 aromatic rings. The molecule has 0 aliphatic carbocycles. The molecule has 7 heteroatoms. The number of benzene rings is 2. The molecule has 0 atom stereocenters. The van der Waals surface area contributed by atoms with Crippen molar-refractivity contribution in [3.8, 4) is 28.7 Å². The topological polar surface area (TPSA) is 100.0 Å². The van der Waals surface area contributed by atoms with Gasteiger partial charge in [0, 0.05) is 5.69 Å². The van der Waals surface area contributed by atoms with Gasteiger partial charge in [-0.05, 0) is 30.5 Å². The summed E-state index contributed by atoms with van der Waals surface area (Å²) in [5.74, 6) is 0.238. The molecule has 0 unspecified atom stereocenters. The number of para-hydroxylation sites is 1. The lowest BCUT2D eigenvalue weighted by Gasteiger charge is -2.05. The Morgan fingerprint density at radius 3 is 2.67 bits per heavy atom. The van der Waals surface area contributed by atoms with E-state index in [4.69, 9.17) is 4.42 Å². The Labute approximate surface area is 171 Å². The summed E-state index contributed by atoms with van der Waals surface area (Å²) in [6.45, 7) is 3.84. The highest BCUT2D eigenvalue weighted by molar-refractivity contribution is 5.83. The second kappa shape index (κ2) is 6.71. The number of aryl methyl sites for hydroxylation is 2. The van der Waals surface area contributed by atoms with E-state index < -0.39 is 0 Å². The van der Waals surface area contributed by atoms with Crippen molar-refractivity contribution < 1.29 is 4.42 Å². The number of hydrogen-bond acceptors (Lipinski definition) is 5. The summed E-state index contributed by atoms with van der Waals surface area (Å²) in [5, 5.41) is 13.9. The molecule has 0 saturated heterocycles. The molecule has 2 aromatic carbocycles. The van der Waals surface area contributed by atoms with Crippen molar-refractivity contribution in [2.75, 3.05) is 0 Å². The van der Waals surface area contributed by atoms with Crippen LogP contribution < -0.4 is 5.56 Å². The summed E-state index contributed by atoms with van der Waals surface area (Å²) in [6.07, 6.45) is 0.808. The number of nitriles is 1. The standard InChI is InChI=1S/C23H17N5O2/c1-3-14-10-7-11-17-20(14)26-22(30-17)18-13(2)25-21-19(15-8-5-4-6-9-15)16(12-24)27-28(21)23(18)29/h4-11,25H,3H2,1-2H3. The molecule has 5 rings (SSSR count). The van der Waals surface area contributed by atoms with Crippen LogP contribution in [-0.2, 0) is 6.42 Å². The Morgan fingerprint density at radius 2 is 1.93 bits per heavy atom. The number of H-pyrrole nitrogens is 1. The van der Waals surface area contributed by atoms with Crippen LogP contribution in [0.5, 0.6) is 0 Å². The molecule has 0 saturated carbocycles. The van der Waals surface area contributed by atoms with Crippen molar-refractivity contribution in [1.82, 2.24) is 19.6 Å². The third-order valence-electron chi connectivity index (χ3n) is 5.24. The molecule has 0 bridgehead atoms. The summed E-state index contributed by atoms with van der Waals surface area (Å²) in [7, 11) is 0. The lowest BCUT2D eigenvalue weighted by atomic mass is 10.1. The molecule has 7 nitrogen and oxygen atoms in total. The summed E-state index contributed by atoms with van der Waals surface area (Å²) in [4.78, 5) is 21.2. The SMILES string of the molecule is CCc1cccc2oc(-c3c(C)[nH]c4c(-c5ccccc5)c(C#N)nn4c3=O)nc12. The van der Waals surface area contributed by atoms with E-state index in [-0.39, 0.29) is 17.1 Å². The van der Waals surface area contributed by atoms with Gasteiger partial charge in [-0.2, -0.15) is 14.9 Å². The highest BCUT2D eigenvalue weighted by Gasteiger charge is 2.23. The molecule has 1 N–H and O–H groups in total. The maximum absolute atomic E-state index is 13.4. The fourth-order valence-electron chi connectivity index (χ4n) is 3.79. The van der Waals surface area contributed by atoms with Crippen LogP contribution in [0.2, 0.25) is 0 Å². The molecule has 146 valence electrons. The minimum absolute atomic E-state index is 0.178. The second-order valence-corrected chi connectivity index (χ2v) is 7.03. The van der Waals surface area contributed by atoms with Gasteiger partial charge in [0.2, 0.25) is 5.89 Å². The summed E-state index contributed by atoms with van der Waals surface area (Å²) in [6, 6.07) is 17.3. The lowest BCUT2D eigenvalue weighted by molar-refractivity contribution is 0.616. The predicted octanol–water partition coefficient (Wildman–Crippen LogP) is 4.24. The smallest absolute Gasteiger partial charge is 0.287 e. The summed E-state index contributed by atoms with van der Waals surface area (Å²) < 4.78 is 7.14. The minimum Gasteiger partial charge on any atom is -0.436 e. The fraction of sp³-hybridized carbons (Fsp3) is 0.130. The van der Waals surface area contributed by atoms with E-state index in [1.807, 2.05) is 55.5 Å². The third kappa shape index (κ3) is 2.54. The molecule has 3 heterocycles. The minimum atomic E-state index is -0.385. The van der Waals surface area contributed by atoms with Gasteiger partial charge < -0.3 is 9.40 Å². The van der Waals surface area contributed by atoms with Crippen LogP contribution in [0.3, 0.4) is 0 Å². The van der Waals surface area contributed by atoms with Gasteiger partial charge in [0.05, 0.1) is 5.56 Å². The van der Waals surface area contributed by atoms with Gasteiger partial charge in [-0.3, -0.25) is 4.79 Å². The van der Waals surface area contributed by atoms with Gasteiger partial charge in [-0.25, -0.2) is 4.98 Å². The van der Waals surface area contributed by atoms with Crippen LogP contribution in [0.15, 0.2) is 57.7 Å². The summed E-state index contributed by atoms with van der Waals surface area (Å²) in [5.41, 5.74) is 4.98. The third-order valence-corrected chi connectivity index (χ3v) is 5.24. The number of nitrogens with zero attached hydrogens (tertiary/aromatic N) is 4. The number of rotatable bonds is 3. The molecule has 0 fully saturated rings. The quantitative estimate of drug-likeness (QED) is 0.492. The first-order valence-electron chi connectivity index (χ1n) is 9.62. The van der Waals surface area contributed by atoms with Crippen LogP contribution >= 0.6 is 0 Å². The van der Waals surface area contributed by atoms with Crippen molar-refractivity contribution in [2.45, 2.75) is 20.3 Å². The molecule has 0 radical (unpaired) electrons. The monoisotopic (exact) mass is 395 g/mol. The van der Waals surface area contributed by atoms with Gasteiger partial charge in [-0.15, -0.1) is 0 Å². The Hall–Kier alpha value is -4.18. The fourth-order valence-corrected chi connectivity index (χ4v) is 3.79. The number of aromatic amines is 1. The van der Waals surface area contributed by atoms with Crippen molar-refractivity contribution in [3.63, 3.8) is 0 Å². The van der Waals surface area contributed by atoms with Crippen molar-refractivity contribution in [2.24, 2.45) is 0 Å². The van der Waals surface area contributed by atoms with Crippen molar-refractivity contribution in [3.05, 3.63) is 75.8 Å². The molecule has 0 amide bonds. The van der Waals surface area contributed by atoms with Crippen molar-refractivity contribution >= 4 is 16.7 Å². The van der Waals surface area contributed by atoms with E-state index in [2.05, 4.69) is 21.1 Å². The number of nitrogens with one attached hydrogen (secondary N) is 1. The zero-order chi connectivity index (χ0) is 20.8. The maximum Gasteiger partial charge on any atom is 0.287 e. The van der Waals surface area contributed by atoms with Crippen molar-refractivity contribution in [1.29, 1.82) is 5.26 Å². The van der Waals surface area contributed by atoms with Crippen LogP contribution in [0, 0.1) is 18.3 Å². The van der Waals surface area contributed by atoms with E-state index in [9.17, 15) is 10.1 Å². The first-order valence-corrected chi connectivity index (χ1v) is 9.62. The van der Waals surface area contributed by atoms with Gasteiger partial charge in [0.25, 0.3) is 5.56 Å². The van der Waals surface area contributed by atoms with Crippen LogP contribution in [-0.4, -0.2) is 19.6 Å². The van der Waals surface area contributed by atoms with E-state index in [0.717, 1.165) is 23.1 Å². The maximum atomic E-state index is 13.4. The average molecular weight is 395 g/mol. The van der Waals surface area contributed by atoms with E-state index in [1.54, 1.807) is 6.92 Å². The van der Waals surface area contributed by atoms with Crippen LogP contribution in [0.4, 0.5) is 0 Å². The van der Waals surface area contributed by atoms with Crippen LogP contribution in [0.1, 0.15) is 23.9 Å². The zero-order valence-electron chi connectivity index (χ0n) is 16.4. The number of hydrogen-bond donors (Lipinski definition) is 1. The van der Waals surface area contributed by atoms with E-state index in [1.165, 1.54) is 4.52 Å². The molecular weight excluding hydrogens is 378 g/mol. The van der Waals surface area contributed by atoms with Gasteiger partial charge in [0.15, 0.2) is 11.3 Å². The van der Waals surface area contributed by atoms with E-state index in [0.29, 0.717) is 28.1 Å². The number of oxazole rings is 1. The Balaban J connectivity index is 1.80. The predicted molar refractivity (Wildman–Crippen MR) is 113 cm³/mol. The largest absolute Gasteiger partial charge is 0.436 e. The Bertz CT molecular complexity index is 1520. The number of fused-ring (bicyclic) bond motifs is 2. The zero-order valence-corrected chi connectivity index (χ0v) is 16.4. The Kier molecular flexibility index (Phi) is 4.00. The van der Waals surface area contributed by atoms with Gasteiger partial charge in [-0.1, -0.05) is 49.4 Å². The van der Waals surface area contributed by atoms with Gasteiger partial charge in [0.1, 0.15) is 22.8 Å². The summed E-state index contributed by atoms with van der Waals surface area (Å²) >= 11 is 0. The lowest BCUT2D eigenvalue weighted by Crippen LogP contribution is -2.19. The highest BCUT2D eigenvalue weighted by Crippen LogP contribution is 2.30. The molecule has 0 aliphatic rings. The molecule has 0 spiro atoms.